The van der Waals surface area contributed by atoms with E-state index in [-0.39, 0.29) is 30.3 Å². The molecule has 5 nitrogen and oxygen atoms in total. The molecule has 1 aromatic carbocycles. The van der Waals surface area contributed by atoms with Crippen molar-refractivity contribution in [1.82, 2.24) is 14.4 Å². The number of carbonyl (C=O) groups excluding carboxylic acids is 2. The Labute approximate surface area is 170 Å². The van der Waals surface area contributed by atoms with Crippen molar-refractivity contribution in [3.05, 3.63) is 58.9 Å². The maximum absolute atomic E-state index is 13.3. The summed E-state index contributed by atoms with van der Waals surface area (Å²) in [5, 5.41) is 0.677. The van der Waals surface area contributed by atoms with Gasteiger partial charge >= 0.3 is 0 Å². The average molecular weight is 400 g/mol. The topological polar surface area (TPSA) is 45.6 Å². The van der Waals surface area contributed by atoms with Crippen molar-refractivity contribution >= 4 is 23.4 Å². The Morgan fingerprint density at radius 1 is 1.14 bits per heavy atom. The molecule has 1 aromatic heterocycles. The number of hydrogen-bond donors (Lipinski definition) is 0. The second-order valence-corrected chi connectivity index (χ2v) is 8.08. The number of fused-ring (bicyclic) bond motifs is 1. The fourth-order valence-corrected chi connectivity index (χ4v) is 4.29. The van der Waals surface area contributed by atoms with Crippen LogP contribution in [0.5, 0.6) is 0 Å². The first-order chi connectivity index (χ1) is 13.6. The lowest BCUT2D eigenvalue weighted by molar-refractivity contribution is -0.145. The van der Waals surface area contributed by atoms with Gasteiger partial charge in [-0.25, -0.2) is 0 Å². The highest BCUT2D eigenvalue weighted by atomic mass is 35.5. The van der Waals surface area contributed by atoms with E-state index < -0.39 is 0 Å². The third kappa shape index (κ3) is 3.55. The number of likely N-dealkylation sites (N-methyl/N-ethyl adjacent to an activating group) is 1. The Kier molecular flexibility index (Phi) is 5.44. The lowest BCUT2D eigenvalue weighted by atomic mass is 9.84. The van der Waals surface area contributed by atoms with Gasteiger partial charge in [0.25, 0.3) is 0 Å². The smallest absolute Gasteiger partial charge is 0.243 e. The van der Waals surface area contributed by atoms with Gasteiger partial charge in [0, 0.05) is 42.5 Å². The second kappa shape index (κ2) is 8.00. The van der Waals surface area contributed by atoms with Crippen LogP contribution in [0.25, 0.3) is 0 Å². The number of hydrogen-bond acceptors (Lipinski definition) is 2. The van der Waals surface area contributed by atoms with Crippen molar-refractivity contribution in [1.29, 1.82) is 0 Å². The Morgan fingerprint density at radius 3 is 2.54 bits per heavy atom. The first-order valence-corrected chi connectivity index (χ1v) is 10.4. The second-order valence-electron chi connectivity index (χ2n) is 7.65. The van der Waals surface area contributed by atoms with Gasteiger partial charge in [0.15, 0.2) is 0 Å². The predicted octanol–water partition coefficient (Wildman–Crippen LogP) is 3.72. The van der Waals surface area contributed by atoms with Gasteiger partial charge < -0.3 is 14.4 Å². The molecule has 1 saturated carbocycles. The van der Waals surface area contributed by atoms with Crippen molar-refractivity contribution < 1.29 is 9.59 Å². The minimum Gasteiger partial charge on any atom is -0.348 e. The molecular weight excluding hydrogens is 374 g/mol. The number of aromatic nitrogens is 1. The minimum absolute atomic E-state index is 0.00178. The molecule has 0 radical (unpaired) electrons. The van der Waals surface area contributed by atoms with Crippen LogP contribution in [-0.4, -0.2) is 45.8 Å². The first-order valence-electron chi connectivity index (χ1n) is 10.1. The van der Waals surface area contributed by atoms with Crippen molar-refractivity contribution in [3.63, 3.8) is 0 Å². The molecule has 148 valence electrons. The molecular formula is C22H26ClN3O2. The van der Waals surface area contributed by atoms with Crippen LogP contribution in [0.3, 0.4) is 0 Å². The van der Waals surface area contributed by atoms with Gasteiger partial charge in [-0.05, 0) is 49.6 Å². The van der Waals surface area contributed by atoms with E-state index in [2.05, 4.69) is 16.8 Å². The van der Waals surface area contributed by atoms with Gasteiger partial charge in [-0.15, -0.1) is 0 Å². The summed E-state index contributed by atoms with van der Waals surface area (Å²) in [6, 6.07) is 11.6. The fraction of sp³-hybridized carbons (Fsp3) is 0.455. The number of carbonyl (C=O) groups is 2. The summed E-state index contributed by atoms with van der Waals surface area (Å²) < 4.78 is 2.19. The van der Waals surface area contributed by atoms with Gasteiger partial charge in [-0.1, -0.05) is 30.2 Å². The standard InChI is InChI=1S/C22H26ClN3O2/c1-2-24(22(28)17-5-3-6-17)15-20(27)26-14-13-25-12-4-7-19(25)21(26)16-8-10-18(23)11-9-16/h4,7-12,17,21H,2-3,5-6,13-15H2,1H3/t21-/m1/s1. The zero-order valence-corrected chi connectivity index (χ0v) is 16.9. The first kappa shape index (κ1) is 19.1. The SMILES string of the molecule is CCN(CC(=O)N1CCn2cccc2[C@H]1c1ccc(Cl)cc1)C(=O)C1CCC1. The molecule has 28 heavy (non-hydrogen) atoms. The van der Waals surface area contributed by atoms with E-state index >= 15 is 0 Å². The van der Waals surface area contributed by atoms with Crippen LogP contribution in [0.15, 0.2) is 42.6 Å². The van der Waals surface area contributed by atoms with Crippen LogP contribution in [0, 0.1) is 5.92 Å². The molecule has 0 unspecified atom stereocenters. The summed E-state index contributed by atoms with van der Waals surface area (Å²) in [6.07, 6.45) is 5.07. The normalized spacial score (nSPS) is 19.1. The van der Waals surface area contributed by atoms with Gasteiger partial charge in [0.1, 0.15) is 0 Å². The molecule has 2 heterocycles. The Balaban J connectivity index is 1.58. The third-order valence-electron chi connectivity index (χ3n) is 6.02. The predicted molar refractivity (Wildman–Crippen MR) is 109 cm³/mol. The summed E-state index contributed by atoms with van der Waals surface area (Å²) in [5.74, 6) is 0.242. The zero-order valence-electron chi connectivity index (χ0n) is 16.2. The van der Waals surface area contributed by atoms with Gasteiger partial charge in [-0.3, -0.25) is 9.59 Å². The lowest BCUT2D eigenvalue weighted by Crippen LogP contribution is -2.49. The van der Waals surface area contributed by atoms with Crippen LogP contribution in [0.4, 0.5) is 0 Å². The highest BCUT2D eigenvalue weighted by Crippen LogP contribution is 2.33. The molecule has 2 aliphatic rings. The number of rotatable bonds is 5. The van der Waals surface area contributed by atoms with E-state index in [1.807, 2.05) is 42.2 Å². The van der Waals surface area contributed by atoms with E-state index in [4.69, 9.17) is 11.6 Å². The largest absolute Gasteiger partial charge is 0.348 e. The highest BCUT2D eigenvalue weighted by molar-refractivity contribution is 6.30. The molecule has 0 spiro atoms. The zero-order chi connectivity index (χ0) is 19.7. The van der Waals surface area contributed by atoms with E-state index in [9.17, 15) is 9.59 Å². The van der Waals surface area contributed by atoms with Crippen molar-refractivity contribution in [2.75, 3.05) is 19.6 Å². The van der Waals surface area contributed by atoms with Gasteiger partial charge in [-0.2, -0.15) is 0 Å². The molecule has 2 amide bonds. The molecule has 1 aliphatic carbocycles. The molecule has 2 aromatic rings. The summed E-state index contributed by atoms with van der Waals surface area (Å²) in [4.78, 5) is 29.6. The van der Waals surface area contributed by atoms with Gasteiger partial charge in [0.2, 0.25) is 11.8 Å². The molecule has 0 saturated heterocycles. The molecule has 0 N–H and O–H groups in total. The Hall–Kier alpha value is -2.27. The molecule has 6 heteroatoms. The van der Waals surface area contributed by atoms with Crippen LogP contribution in [0.1, 0.15) is 43.5 Å². The van der Waals surface area contributed by atoms with E-state index in [1.165, 1.54) is 0 Å². The fourth-order valence-electron chi connectivity index (χ4n) is 4.16. The number of halogens is 1. The van der Waals surface area contributed by atoms with E-state index in [0.717, 1.165) is 37.1 Å². The maximum atomic E-state index is 13.3. The van der Waals surface area contributed by atoms with Crippen LogP contribution in [-0.2, 0) is 16.1 Å². The van der Waals surface area contributed by atoms with Crippen molar-refractivity contribution in [3.8, 4) is 0 Å². The van der Waals surface area contributed by atoms with E-state index in [1.54, 1.807) is 4.90 Å². The molecule has 0 bridgehead atoms. The van der Waals surface area contributed by atoms with Crippen LogP contribution in [0.2, 0.25) is 5.02 Å². The van der Waals surface area contributed by atoms with Crippen molar-refractivity contribution in [2.24, 2.45) is 5.92 Å². The quantitative estimate of drug-likeness (QED) is 0.769. The molecule has 1 atom stereocenters. The Bertz CT molecular complexity index is 857. The minimum atomic E-state index is -0.161. The summed E-state index contributed by atoms with van der Waals surface area (Å²) in [6.45, 7) is 4.05. The van der Waals surface area contributed by atoms with Crippen molar-refractivity contribution in [2.45, 2.75) is 38.8 Å². The maximum Gasteiger partial charge on any atom is 0.243 e. The monoisotopic (exact) mass is 399 g/mol. The van der Waals surface area contributed by atoms with E-state index in [0.29, 0.717) is 18.1 Å². The number of amides is 2. The lowest BCUT2D eigenvalue weighted by Gasteiger charge is -2.39. The summed E-state index contributed by atoms with van der Waals surface area (Å²) in [7, 11) is 0. The average Bonchev–Trinajstić information content (AvgIpc) is 3.13. The highest BCUT2D eigenvalue weighted by Gasteiger charge is 2.35. The molecule has 1 aliphatic heterocycles. The Morgan fingerprint density at radius 2 is 1.89 bits per heavy atom. The summed E-state index contributed by atoms with van der Waals surface area (Å²) in [5.41, 5.74) is 2.13. The summed E-state index contributed by atoms with van der Waals surface area (Å²) >= 11 is 6.07. The van der Waals surface area contributed by atoms with Gasteiger partial charge in [0.05, 0.1) is 12.6 Å². The number of nitrogens with zero attached hydrogens (tertiary/aromatic N) is 3. The third-order valence-corrected chi connectivity index (χ3v) is 6.27. The number of benzene rings is 1. The molecule has 1 fully saturated rings. The van der Waals surface area contributed by atoms with Crippen LogP contribution < -0.4 is 0 Å². The van der Waals surface area contributed by atoms with Crippen LogP contribution >= 0.6 is 11.6 Å². The molecule has 4 rings (SSSR count).